The van der Waals surface area contributed by atoms with Crippen LogP contribution in [0, 0.1) is 5.82 Å². The van der Waals surface area contributed by atoms with E-state index in [9.17, 15) is 14.0 Å². The lowest BCUT2D eigenvalue weighted by Gasteiger charge is -2.28. The van der Waals surface area contributed by atoms with Gasteiger partial charge in [-0.25, -0.2) is 4.39 Å². The highest BCUT2D eigenvalue weighted by Crippen LogP contribution is 2.24. The Morgan fingerprint density at radius 1 is 1.08 bits per heavy atom. The molecule has 0 saturated carbocycles. The molecule has 1 N–H and O–H groups in total. The number of nitrogens with zero attached hydrogens (tertiary/aromatic N) is 1. The van der Waals surface area contributed by atoms with Gasteiger partial charge in [-0.15, -0.1) is 0 Å². The standard InChI is InChI=1S/C17H9Cl2FN2O2S/c18-10-2-4-11(5-3-10)22-16(24)12(15(23)21-17(22)25)7-9-1-6-14(20)13(19)8-9/h1-8H,(H,21,23,25). The van der Waals surface area contributed by atoms with E-state index in [1.54, 1.807) is 24.3 Å². The van der Waals surface area contributed by atoms with Gasteiger partial charge in [0.2, 0.25) is 0 Å². The van der Waals surface area contributed by atoms with Gasteiger partial charge < -0.3 is 0 Å². The molecule has 0 unspecified atom stereocenters. The summed E-state index contributed by atoms with van der Waals surface area (Å²) in [5.74, 6) is -1.83. The third-order valence-electron chi connectivity index (χ3n) is 3.44. The Balaban J connectivity index is 2.01. The van der Waals surface area contributed by atoms with Crippen LogP contribution < -0.4 is 10.2 Å². The van der Waals surface area contributed by atoms with Crippen molar-refractivity contribution in [1.82, 2.24) is 5.32 Å². The molecule has 0 aromatic heterocycles. The molecule has 2 aromatic rings. The van der Waals surface area contributed by atoms with E-state index in [-0.39, 0.29) is 15.7 Å². The molecule has 1 saturated heterocycles. The molecule has 0 atom stereocenters. The first-order valence-electron chi connectivity index (χ1n) is 6.99. The molecule has 0 spiro atoms. The molecule has 126 valence electrons. The summed E-state index contributed by atoms with van der Waals surface area (Å²) in [5, 5.41) is 2.81. The first-order chi connectivity index (χ1) is 11.9. The van der Waals surface area contributed by atoms with E-state index in [1.165, 1.54) is 23.1 Å². The Morgan fingerprint density at radius 2 is 1.76 bits per heavy atom. The molecule has 2 aromatic carbocycles. The Labute approximate surface area is 157 Å². The van der Waals surface area contributed by atoms with Crippen molar-refractivity contribution in [3.63, 3.8) is 0 Å². The van der Waals surface area contributed by atoms with Crippen LogP contribution in [0.3, 0.4) is 0 Å². The Bertz CT molecular complexity index is 929. The molecule has 0 bridgehead atoms. The Morgan fingerprint density at radius 3 is 2.40 bits per heavy atom. The summed E-state index contributed by atoms with van der Waals surface area (Å²) in [6.45, 7) is 0. The zero-order valence-electron chi connectivity index (χ0n) is 12.4. The Hall–Kier alpha value is -2.28. The molecule has 25 heavy (non-hydrogen) atoms. The van der Waals surface area contributed by atoms with Crippen molar-refractivity contribution in [2.45, 2.75) is 0 Å². The minimum Gasteiger partial charge on any atom is -0.298 e. The van der Waals surface area contributed by atoms with E-state index < -0.39 is 17.6 Å². The van der Waals surface area contributed by atoms with Crippen molar-refractivity contribution in [1.29, 1.82) is 0 Å². The van der Waals surface area contributed by atoms with Crippen LogP contribution >= 0.6 is 35.4 Å². The topological polar surface area (TPSA) is 49.4 Å². The van der Waals surface area contributed by atoms with Gasteiger partial charge in [-0.05, 0) is 60.3 Å². The number of anilines is 1. The quantitative estimate of drug-likeness (QED) is 0.476. The largest absolute Gasteiger partial charge is 0.298 e. The minimum absolute atomic E-state index is 0.0355. The van der Waals surface area contributed by atoms with Gasteiger partial charge in [0.25, 0.3) is 11.8 Å². The van der Waals surface area contributed by atoms with Crippen LogP contribution in [0.2, 0.25) is 10.0 Å². The van der Waals surface area contributed by atoms with E-state index in [4.69, 9.17) is 35.4 Å². The van der Waals surface area contributed by atoms with E-state index >= 15 is 0 Å². The number of hydrogen-bond donors (Lipinski definition) is 1. The number of carbonyl (C=O) groups excluding carboxylic acids is 2. The van der Waals surface area contributed by atoms with Gasteiger partial charge >= 0.3 is 0 Å². The zero-order chi connectivity index (χ0) is 18.1. The third kappa shape index (κ3) is 3.56. The highest BCUT2D eigenvalue weighted by molar-refractivity contribution is 7.80. The molecule has 1 heterocycles. The summed E-state index contributed by atoms with van der Waals surface area (Å²) in [6.07, 6.45) is 1.33. The van der Waals surface area contributed by atoms with Crippen LogP contribution in [0.15, 0.2) is 48.0 Å². The Kier molecular flexibility index (Phi) is 4.85. The predicted octanol–water partition coefficient (Wildman–Crippen LogP) is 3.96. The summed E-state index contributed by atoms with van der Waals surface area (Å²) in [6, 6.07) is 10.3. The molecule has 8 heteroatoms. The van der Waals surface area contributed by atoms with Gasteiger partial charge in [-0.1, -0.05) is 29.3 Å². The summed E-state index contributed by atoms with van der Waals surface area (Å²) < 4.78 is 13.3. The molecule has 4 nitrogen and oxygen atoms in total. The van der Waals surface area contributed by atoms with Crippen LogP contribution in [-0.4, -0.2) is 16.9 Å². The van der Waals surface area contributed by atoms with Gasteiger partial charge in [0.1, 0.15) is 11.4 Å². The van der Waals surface area contributed by atoms with Crippen molar-refractivity contribution in [3.8, 4) is 0 Å². The summed E-state index contributed by atoms with van der Waals surface area (Å²) in [5.41, 5.74) is 0.724. The predicted molar refractivity (Wildman–Crippen MR) is 99.1 cm³/mol. The maximum absolute atomic E-state index is 13.3. The van der Waals surface area contributed by atoms with Crippen LogP contribution in [0.4, 0.5) is 10.1 Å². The summed E-state index contributed by atoms with van der Waals surface area (Å²) in [4.78, 5) is 26.1. The summed E-state index contributed by atoms with van der Waals surface area (Å²) >= 11 is 16.7. The monoisotopic (exact) mass is 394 g/mol. The smallest absolute Gasteiger partial charge is 0.270 e. The third-order valence-corrected chi connectivity index (χ3v) is 4.27. The number of hydrogen-bond acceptors (Lipinski definition) is 3. The number of benzene rings is 2. The lowest BCUT2D eigenvalue weighted by atomic mass is 10.1. The highest BCUT2D eigenvalue weighted by atomic mass is 35.5. The van der Waals surface area contributed by atoms with Crippen molar-refractivity contribution in [2.75, 3.05) is 4.90 Å². The first-order valence-corrected chi connectivity index (χ1v) is 8.15. The second kappa shape index (κ2) is 6.92. The van der Waals surface area contributed by atoms with Gasteiger partial charge in [0.05, 0.1) is 10.7 Å². The van der Waals surface area contributed by atoms with Crippen molar-refractivity contribution >= 4 is 64.1 Å². The number of thiocarbonyl (C=S) groups is 1. The number of nitrogens with one attached hydrogen (secondary N) is 1. The maximum Gasteiger partial charge on any atom is 0.270 e. The lowest BCUT2D eigenvalue weighted by Crippen LogP contribution is -2.54. The number of halogens is 3. The minimum atomic E-state index is -0.638. The number of carbonyl (C=O) groups is 2. The van der Waals surface area contributed by atoms with Crippen LogP contribution in [-0.2, 0) is 9.59 Å². The average molecular weight is 395 g/mol. The van der Waals surface area contributed by atoms with E-state index in [0.29, 0.717) is 16.3 Å². The van der Waals surface area contributed by atoms with Crippen LogP contribution in [0.1, 0.15) is 5.56 Å². The zero-order valence-corrected chi connectivity index (χ0v) is 14.8. The molecule has 1 fully saturated rings. The fourth-order valence-corrected chi connectivity index (χ4v) is 2.85. The SMILES string of the molecule is O=C1NC(=S)N(c2ccc(Cl)cc2)C(=O)C1=Cc1ccc(F)c(Cl)c1. The molecule has 1 aliphatic heterocycles. The van der Waals surface area contributed by atoms with Gasteiger partial charge in [-0.3, -0.25) is 19.8 Å². The second-order valence-corrected chi connectivity index (χ2v) is 6.34. The fourth-order valence-electron chi connectivity index (χ4n) is 2.25. The van der Waals surface area contributed by atoms with Crippen molar-refractivity contribution in [2.24, 2.45) is 0 Å². The molecular weight excluding hydrogens is 386 g/mol. The van der Waals surface area contributed by atoms with E-state index in [2.05, 4.69) is 5.32 Å². The van der Waals surface area contributed by atoms with Gasteiger partial charge in [-0.2, -0.15) is 0 Å². The average Bonchev–Trinajstić information content (AvgIpc) is 2.56. The number of amides is 2. The van der Waals surface area contributed by atoms with E-state index in [1.807, 2.05) is 0 Å². The molecule has 3 rings (SSSR count). The lowest BCUT2D eigenvalue weighted by molar-refractivity contribution is -0.122. The molecule has 0 aliphatic carbocycles. The van der Waals surface area contributed by atoms with Gasteiger partial charge in [0, 0.05) is 5.02 Å². The first kappa shape index (κ1) is 17.5. The fraction of sp³-hybridized carbons (Fsp3) is 0. The highest BCUT2D eigenvalue weighted by Gasteiger charge is 2.34. The van der Waals surface area contributed by atoms with Crippen molar-refractivity contribution < 1.29 is 14.0 Å². The van der Waals surface area contributed by atoms with E-state index in [0.717, 1.165) is 6.07 Å². The normalized spacial score (nSPS) is 16.4. The van der Waals surface area contributed by atoms with Crippen molar-refractivity contribution in [3.05, 3.63) is 69.5 Å². The number of rotatable bonds is 2. The molecule has 1 aliphatic rings. The molecular formula is C17H9Cl2FN2O2S. The molecule has 0 radical (unpaired) electrons. The van der Waals surface area contributed by atoms with Gasteiger partial charge in [0.15, 0.2) is 5.11 Å². The van der Waals surface area contributed by atoms with Crippen LogP contribution in [0.5, 0.6) is 0 Å². The van der Waals surface area contributed by atoms with Crippen LogP contribution in [0.25, 0.3) is 6.08 Å². The second-order valence-electron chi connectivity index (χ2n) is 5.11. The summed E-state index contributed by atoms with van der Waals surface area (Å²) in [7, 11) is 0. The molecule has 2 amide bonds. The maximum atomic E-state index is 13.3.